The second-order valence-electron chi connectivity index (χ2n) is 4.19. The van der Waals surface area contributed by atoms with Gasteiger partial charge in [-0.2, -0.15) is 0 Å². The molecule has 0 spiro atoms. The third-order valence-electron chi connectivity index (χ3n) is 2.71. The number of amides is 1. The molecule has 1 amide bonds. The Morgan fingerprint density at radius 2 is 2.00 bits per heavy atom. The molecular weight excluding hydrogens is 244 g/mol. The van der Waals surface area contributed by atoms with Crippen LogP contribution in [0, 0.1) is 0 Å². The molecule has 0 saturated heterocycles. The van der Waals surface area contributed by atoms with Crippen LogP contribution in [0.25, 0.3) is 0 Å². The lowest BCUT2D eigenvalue weighted by Gasteiger charge is -2.04. The number of benzene rings is 1. The average Bonchev–Trinajstić information content (AvgIpc) is 2.87. The number of carbonyl (C=O) groups excluding carboxylic acids is 1. The lowest BCUT2D eigenvalue weighted by Crippen LogP contribution is -2.14. The minimum Gasteiger partial charge on any atom is -0.462 e. The first kappa shape index (κ1) is 13.3. The number of hydrogen-bond donors (Lipinski definition) is 3. The van der Waals surface area contributed by atoms with Crippen molar-refractivity contribution in [3.63, 3.8) is 0 Å². The first-order chi connectivity index (χ1) is 9.19. The Hall–Kier alpha value is -2.11. The number of primary amides is 1. The highest BCUT2D eigenvalue weighted by Gasteiger charge is 2.03. The molecule has 1 aromatic heterocycles. The van der Waals surface area contributed by atoms with Crippen LogP contribution in [-0.2, 0) is 19.7 Å². The summed E-state index contributed by atoms with van der Waals surface area (Å²) in [7, 11) is 0. The van der Waals surface area contributed by atoms with Crippen LogP contribution in [0.5, 0.6) is 0 Å². The zero-order valence-electron chi connectivity index (χ0n) is 10.4. The van der Waals surface area contributed by atoms with Crippen LogP contribution in [0.3, 0.4) is 0 Å². The molecule has 5 nitrogen and oxygen atoms in total. The van der Waals surface area contributed by atoms with E-state index in [0.717, 1.165) is 11.3 Å². The van der Waals surface area contributed by atoms with Gasteiger partial charge in [0.1, 0.15) is 18.1 Å². The van der Waals surface area contributed by atoms with Gasteiger partial charge in [-0.05, 0) is 29.8 Å². The Morgan fingerprint density at radius 3 is 2.68 bits per heavy atom. The van der Waals surface area contributed by atoms with Gasteiger partial charge in [-0.1, -0.05) is 12.1 Å². The molecule has 1 aromatic carbocycles. The van der Waals surface area contributed by atoms with Gasteiger partial charge in [-0.3, -0.25) is 4.79 Å². The maximum Gasteiger partial charge on any atom is 0.248 e. The normalized spacial score (nSPS) is 10.6. The van der Waals surface area contributed by atoms with Gasteiger partial charge in [0.25, 0.3) is 0 Å². The third-order valence-corrected chi connectivity index (χ3v) is 2.71. The van der Waals surface area contributed by atoms with Gasteiger partial charge in [0.2, 0.25) is 5.91 Å². The largest absolute Gasteiger partial charge is 0.462 e. The van der Waals surface area contributed by atoms with Crippen LogP contribution in [0.15, 0.2) is 40.8 Å². The first-order valence-corrected chi connectivity index (χ1v) is 5.97. The minimum atomic E-state index is -0.430. The average molecular weight is 260 g/mol. The molecule has 5 heteroatoms. The molecule has 2 aromatic rings. The van der Waals surface area contributed by atoms with Crippen LogP contribution in [0.2, 0.25) is 0 Å². The zero-order valence-corrected chi connectivity index (χ0v) is 10.4. The lowest BCUT2D eigenvalue weighted by atomic mass is 10.1. The van der Waals surface area contributed by atoms with E-state index in [9.17, 15) is 4.79 Å². The Morgan fingerprint density at radius 1 is 1.21 bits per heavy atom. The number of furan rings is 1. The summed E-state index contributed by atoms with van der Waals surface area (Å²) in [6.07, 6.45) is 0. The molecule has 100 valence electrons. The lowest BCUT2D eigenvalue weighted by molar-refractivity contribution is 0.1000. The second kappa shape index (κ2) is 6.17. The van der Waals surface area contributed by atoms with Crippen molar-refractivity contribution >= 4 is 5.91 Å². The van der Waals surface area contributed by atoms with E-state index in [1.54, 1.807) is 24.3 Å². The number of hydrogen-bond acceptors (Lipinski definition) is 4. The van der Waals surface area contributed by atoms with Crippen molar-refractivity contribution in [2.24, 2.45) is 5.73 Å². The zero-order chi connectivity index (χ0) is 13.7. The molecule has 0 unspecified atom stereocenters. The summed E-state index contributed by atoms with van der Waals surface area (Å²) in [5.74, 6) is 0.878. The molecule has 0 atom stereocenters. The van der Waals surface area contributed by atoms with Gasteiger partial charge < -0.3 is 20.6 Å². The van der Waals surface area contributed by atoms with E-state index in [4.69, 9.17) is 15.3 Å². The molecule has 0 fully saturated rings. The van der Waals surface area contributed by atoms with Crippen molar-refractivity contribution in [1.29, 1.82) is 0 Å². The van der Waals surface area contributed by atoms with E-state index in [1.165, 1.54) is 0 Å². The Kier molecular flexibility index (Phi) is 4.33. The molecule has 19 heavy (non-hydrogen) atoms. The SMILES string of the molecule is NC(=O)c1cccc(CNCc2ccc(CO)o2)c1. The van der Waals surface area contributed by atoms with E-state index in [-0.39, 0.29) is 6.61 Å². The number of nitrogens with one attached hydrogen (secondary N) is 1. The molecule has 0 bridgehead atoms. The smallest absolute Gasteiger partial charge is 0.248 e. The van der Waals surface area contributed by atoms with Crippen LogP contribution >= 0.6 is 0 Å². The van der Waals surface area contributed by atoms with Gasteiger partial charge >= 0.3 is 0 Å². The number of nitrogens with two attached hydrogens (primary N) is 1. The topological polar surface area (TPSA) is 88.5 Å². The van der Waals surface area contributed by atoms with Gasteiger partial charge in [0, 0.05) is 12.1 Å². The number of aliphatic hydroxyl groups is 1. The van der Waals surface area contributed by atoms with E-state index >= 15 is 0 Å². The summed E-state index contributed by atoms with van der Waals surface area (Å²) in [6, 6.07) is 10.7. The van der Waals surface area contributed by atoms with Crippen LogP contribution in [0.1, 0.15) is 27.4 Å². The van der Waals surface area contributed by atoms with E-state index in [1.807, 2.05) is 12.1 Å². The monoisotopic (exact) mass is 260 g/mol. The van der Waals surface area contributed by atoms with Crippen LogP contribution in [0.4, 0.5) is 0 Å². The van der Waals surface area contributed by atoms with Gasteiger partial charge in [0.15, 0.2) is 0 Å². The molecule has 0 aliphatic heterocycles. The van der Waals surface area contributed by atoms with Crippen molar-refractivity contribution in [1.82, 2.24) is 5.32 Å². The molecular formula is C14H16N2O3. The highest BCUT2D eigenvalue weighted by molar-refractivity contribution is 5.92. The standard InChI is InChI=1S/C14H16N2O3/c15-14(18)11-3-1-2-10(6-11)7-16-8-12-4-5-13(9-17)19-12/h1-6,16-17H,7-9H2,(H2,15,18). The summed E-state index contributed by atoms with van der Waals surface area (Å²) >= 11 is 0. The number of rotatable bonds is 6. The fraction of sp³-hybridized carbons (Fsp3) is 0.214. The van der Waals surface area contributed by atoms with Crippen molar-refractivity contribution in [2.75, 3.05) is 0 Å². The van der Waals surface area contributed by atoms with Crippen LogP contribution in [-0.4, -0.2) is 11.0 Å². The minimum absolute atomic E-state index is 0.0966. The van der Waals surface area contributed by atoms with E-state index in [0.29, 0.717) is 24.4 Å². The maximum absolute atomic E-state index is 11.0. The van der Waals surface area contributed by atoms with Crippen molar-refractivity contribution in [3.05, 3.63) is 59.0 Å². The van der Waals surface area contributed by atoms with Crippen molar-refractivity contribution in [3.8, 4) is 0 Å². The molecule has 0 radical (unpaired) electrons. The fourth-order valence-electron chi connectivity index (χ4n) is 1.77. The highest BCUT2D eigenvalue weighted by atomic mass is 16.4. The second-order valence-corrected chi connectivity index (χ2v) is 4.19. The third kappa shape index (κ3) is 3.67. The number of carbonyl (C=O) groups is 1. The Labute approximate surface area is 111 Å². The van der Waals surface area contributed by atoms with Gasteiger partial charge in [-0.15, -0.1) is 0 Å². The van der Waals surface area contributed by atoms with E-state index in [2.05, 4.69) is 5.32 Å². The molecule has 0 saturated carbocycles. The highest BCUT2D eigenvalue weighted by Crippen LogP contribution is 2.08. The van der Waals surface area contributed by atoms with Gasteiger partial charge in [-0.25, -0.2) is 0 Å². The summed E-state index contributed by atoms with van der Waals surface area (Å²) in [5, 5.41) is 12.1. The molecule has 1 heterocycles. The predicted molar refractivity (Wildman–Crippen MR) is 70.1 cm³/mol. The van der Waals surface area contributed by atoms with Crippen LogP contribution < -0.4 is 11.1 Å². The first-order valence-electron chi connectivity index (χ1n) is 5.97. The maximum atomic E-state index is 11.0. The predicted octanol–water partition coefficient (Wildman–Crippen LogP) is 1.16. The fourth-order valence-corrected chi connectivity index (χ4v) is 1.77. The summed E-state index contributed by atoms with van der Waals surface area (Å²) in [5.41, 5.74) is 6.70. The summed E-state index contributed by atoms with van der Waals surface area (Å²) in [4.78, 5) is 11.0. The molecule has 4 N–H and O–H groups in total. The number of aliphatic hydroxyl groups excluding tert-OH is 1. The summed E-state index contributed by atoms with van der Waals surface area (Å²) in [6.45, 7) is 1.07. The van der Waals surface area contributed by atoms with Crippen molar-refractivity contribution < 1.29 is 14.3 Å². The van der Waals surface area contributed by atoms with Crippen molar-refractivity contribution in [2.45, 2.75) is 19.7 Å². The Bertz CT molecular complexity index is 563. The summed E-state index contributed by atoms with van der Waals surface area (Å²) < 4.78 is 5.35. The van der Waals surface area contributed by atoms with E-state index < -0.39 is 5.91 Å². The Balaban J connectivity index is 1.88. The molecule has 2 rings (SSSR count). The molecule has 0 aliphatic rings. The van der Waals surface area contributed by atoms with Gasteiger partial charge in [0.05, 0.1) is 6.54 Å². The quantitative estimate of drug-likeness (QED) is 0.727. The molecule has 0 aliphatic carbocycles.